The molecule has 0 radical (unpaired) electrons. The van der Waals surface area contributed by atoms with E-state index in [1.807, 2.05) is 30.3 Å². The smallest absolute Gasteiger partial charge is 0.348 e. The van der Waals surface area contributed by atoms with Crippen LogP contribution < -0.4 is 11.0 Å². The van der Waals surface area contributed by atoms with Crippen molar-refractivity contribution in [3.63, 3.8) is 0 Å². The van der Waals surface area contributed by atoms with Crippen LogP contribution in [0.25, 0.3) is 5.69 Å². The Kier molecular flexibility index (Phi) is 4.18. The van der Waals surface area contributed by atoms with E-state index >= 15 is 0 Å². The molecule has 2 aromatic carbocycles. The lowest BCUT2D eigenvalue weighted by Crippen LogP contribution is -2.19. The summed E-state index contributed by atoms with van der Waals surface area (Å²) in [6.07, 6.45) is 0.393. The molecule has 5 nitrogen and oxygen atoms in total. The van der Waals surface area contributed by atoms with Crippen molar-refractivity contribution in [3.05, 3.63) is 76.5 Å². The summed E-state index contributed by atoms with van der Waals surface area (Å²) in [6.45, 7) is 0.511. The van der Waals surface area contributed by atoms with Crippen molar-refractivity contribution in [2.45, 2.75) is 6.42 Å². The van der Waals surface area contributed by atoms with Crippen molar-refractivity contribution < 1.29 is 8.78 Å². The Morgan fingerprint density at radius 3 is 2.65 bits per heavy atom. The third kappa shape index (κ3) is 3.28. The van der Waals surface area contributed by atoms with Gasteiger partial charge in [-0.15, -0.1) is 0 Å². The van der Waals surface area contributed by atoms with Gasteiger partial charge in [-0.2, -0.15) is 5.10 Å². The lowest BCUT2D eigenvalue weighted by atomic mass is 10.2. The third-order valence-electron chi connectivity index (χ3n) is 3.34. The van der Waals surface area contributed by atoms with E-state index in [0.29, 0.717) is 18.8 Å². The zero-order valence-electron chi connectivity index (χ0n) is 12.1. The van der Waals surface area contributed by atoms with Crippen molar-refractivity contribution in [3.8, 4) is 5.69 Å². The van der Waals surface area contributed by atoms with Crippen LogP contribution in [0.3, 0.4) is 0 Å². The summed E-state index contributed by atoms with van der Waals surface area (Å²) in [5.74, 6) is -1.15. The maximum Gasteiger partial charge on any atom is 0.348 e. The molecule has 3 aromatic rings. The molecule has 7 heteroatoms. The van der Waals surface area contributed by atoms with E-state index in [4.69, 9.17) is 0 Å². The van der Waals surface area contributed by atoms with Crippen LogP contribution in [0.2, 0.25) is 0 Å². The molecule has 23 heavy (non-hydrogen) atoms. The second-order valence-electron chi connectivity index (χ2n) is 4.92. The van der Waals surface area contributed by atoms with Gasteiger partial charge >= 0.3 is 5.69 Å². The maximum absolute atomic E-state index is 13.9. The Balaban J connectivity index is 1.80. The highest BCUT2D eigenvalue weighted by Gasteiger charge is 2.14. The summed E-state index contributed by atoms with van der Waals surface area (Å²) in [4.78, 5) is 11.9. The number of hydrogen-bond acceptors (Lipinski definition) is 3. The number of anilines is 1. The normalized spacial score (nSPS) is 10.7. The minimum atomic E-state index is -0.814. The molecule has 2 N–H and O–H groups in total. The number of para-hydroxylation sites is 1. The molecular weight excluding hydrogens is 302 g/mol. The van der Waals surface area contributed by atoms with Crippen LogP contribution in [0.4, 0.5) is 14.5 Å². The Morgan fingerprint density at radius 1 is 1.13 bits per heavy atom. The predicted octanol–water partition coefficient (Wildman–Crippen LogP) is 2.49. The minimum Gasteiger partial charge on any atom is -0.385 e. The summed E-state index contributed by atoms with van der Waals surface area (Å²) in [6, 6.07) is 12.6. The highest BCUT2D eigenvalue weighted by Crippen LogP contribution is 2.14. The second kappa shape index (κ2) is 6.43. The van der Waals surface area contributed by atoms with E-state index in [9.17, 15) is 13.6 Å². The number of aromatic amines is 1. The van der Waals surface area contributed by atoms with E-state index in [0.717, 1.165) is 22.4 Å². The van der Waals surface area contributed by atoms with Crippen LogP contribution in [0.15, 0.2) is 53.3 Å². The number of nitrogens with one attached hydrogen (secondary N) is 2. The molecule has 0 saturated heterocycles. The van der Waals surface area contributed by atoms with Crippen molar-refractivity contribution in [2.24, 2.45) is 0 Å². The lowest BCUT2D eigenvalue weighted by molar-refractivity contribution is 0.575. The topological polar surface area (TPSA) is 62.7 Å². The second-order valence-corrected chi connectivity index (χ2v) is 4.92. The van der Waals surface area contributed by atoms with Gasteiger partial charge < -0.3 is 5.32 Å². The maximum atomic E-state index is 13.9. The zero-order chi connectivity index (χ0) is 16.2. The van der Waals surface area contributed by atoms with Crippen molar-refractivity contribution in [1.82, 2.24) is 14.8 Å². The molecule has 0 atom stereocenters. The Bertz CT molecular complexity index is 858. The standard InChI is InChI=1S/C16H14F2N4O/c17-11-6-7-14(13(18)10-11)22-15(20-21-16(22)23)8-9-19-12-4-2-1-3-5-12/h1-7,10,19H,8-9H2,(H,21,23). The molecule has 0 fully saturated rings. The molecule has 118 valence electrons. The number of halogens is 2. The molecule has 0 unspecified atom stereocenters. The highest BCUT2D eigenvalue weighted by atomic mass is 19.1. The summed E-state index contributed by atoms with van der Waals surface area (Å²) in [5.41, 5.74) is 0.343. The quantitative estimate of drug-likeness (QED) is 0.760. The fraction of sp³-hybridized carbons (Fsp3) is 0.125. The van der Waals surface area contributed by atoms with Gasteiger partial charge in [-0.3, -0.25) is 0 Å². The zero-order valence-corrected chi connectivity index (χ0v) is 12.1. The average molecular weight is 316 g/mol. The average Bonchev–Trinajstić information content (AvgIpc) is 2.90. The van der Waals surface area contributed by atoms with E-state index in [-0.39, 0.29) is 5.69 Å². The molecule has 1 heterocycles. The Morgan fingerprint density at radius 2 is 1.91 bits per heavy atom. The first-order chi connectivity index (χ1) is 11.1. The van der Waals surface area contributed by atoms with Crippen LogP contribution in [0, 0.1) is 11.6 Å². The number of H-pyrrole nitrogens is 1. The first-order valence-electron chi connectivity index (χ1n) is 7.06. The molecule has 1 aromatic heterocycles. The summed E-state index contributed by atoms with van der Waals surface area (Å²) in [5, 5.41) is 9.39. The molecule has 0 aliphatic carbocycles. The van der Waals surface area contributed by atoms with Crippen molar-refractivity contribution >= 4 is 5.69 Å². The van der Waals surface area contributed by atoms with Gasteiger partial charge in [0.2, 0.25) is 0 Å². The lowest BCUT2D eigenvalue weighted by Gasteiger charge is -2.08. The molecular formula is C16H14F2N4O. The molecule has 0 aliphatic rings. The molecule has 0 aliphatic heterocycles. The van der Waals surface area contributed by atoms with Crippen LogP contribution in [-0.2, 0) is 6.42 Å². The summed E-state index contributed by atoms with van der Waals surface area (Å²) < 4.78 is 28.0. The van der Waals surface area contributed by atoms with Gasteiger partial charge in [0.1, 0.15) is 17.5 Å². The first-order valence-corrected chi connectivity index (χ1v) is 7.06. The first kappa shape index (κ1) is 15.0. The molecule has 0 spiro atoms. The largest absolute Gasteiger partial charge is 0.385 e. The van der Waals surface area contributed by atoms with Gasteiger partial charge in [0, 0.05) is 24.7 Å². The summed E-state index contributed by atoms with van der Waals surface area (Å²) in [7, 11) is 0. The van der Waals surface area contributed by atoms with Crippen LogP contribution in [0.5, 0.6) is 0 Å². The number of aromatic nitrogens is 3. The SMILES string of the molecule is O=c1[nH]nc(CCNc2ccccc2)n1-c1ccc(F)cc1F. The van der Waals surface area contributed by atoms with E-state index in [2.05, 4.69) is 15.5 Å². The van der Waals surface area contributed by atoms with Gasteiger partial charge in [-0.1, -0.05) is 18.2 Å². The van der Waals surface area contributed by atoms with Gasteiger partial charge in [-0.25, -0.2) is 23.2 Å². The molecule has 3 rings (SSSR count). The molecule has 0 bridgehead atoms. The molecule has 0 saturated carbocycles. The fourth-order valence-electron chi connectivity index (χ4n) is 2.28. The number of rotatable bonds is 5. The van der Waals surface area contributed by atoms with Gasteiger partial charge in [-0.05, 0) is 24.3 Å². The Labute approximate surface area is 130 Å². The van der Waals surface area contributed by atoms with Crippen LogP contribution in [-0.4, -0.2) is 21.3 Å². The third-order valence-corrected chi connectivity index (χ3v) is 3.34. The van der Waals surface area contributed by atoms with Gasteiger partial charge in [0.25, 0.3) is 0 Å². The monoisotopic (exact) mass is 316 g/mol. The van der Waals surface area contributed by atoms with Crippen LogP contribution >= 0.6 is 0 Å². The Hall–Kier alpha value is -2.96. The number of nitrogens with zero attached hydrogens (tertiary/aromatic N) is 2. The van der Waals surface area contributed by atoms with Crippen LogP contribution in [0.1, 0.15) is 5.82 Å². The van der Waals surface area contributed by atoms with Gasteiger partial charge in [0.05, 0.1) is 5.69 Å². The van der Waals surface area contributed by atoms with E-state index in [1.54, 1.807) is 0 Å². The predicted molar refractivity (Wildman–Crippen MR) is 82.7 cm³/mol. The minimum absolute atomic E-state index is 0.0279. The van der Waals surface area contributed by atoms with Crippen molar-refractivity contribution in [1.29, 1.82) is 0 Å². The van der Waals surface area contributed by atoms with E-state index < -0.39 is 17.3 Å². The van der Waals surface area contributed by atoms with Gasteiger partial charge in [0.15, 0.2) is 0 Å². The number of benzene rings is 2. The highest BCUT2D eigenvalue weighted by molar-refractivity contribution is 5.42. The molecule has 0 amide bonds. The summed E-state index contributed by atoms with van der Waals surface area (Å²) >= 11 is 0. The van der Waals surface area contributed by atoms with Crippen molar-refractivity contribution in [2.75, 3.05) is 11.9 Å². The number of hydrogen-bond donors (Lipinski definition) is 2. The van der Waals surface area contributed by atoms with E-state index in [1.165, 1.54) is 6.07 Å². The fourth-order valence-corrected chi connectivity index (χ4v) is 2.28.